The molecule has 0 saturated heterocycles. The van der Waals surface area contributed by atoms with Crippen LogP contribution in [0.5, 0.6) is 0 Å². The Bertz CT molecular complexity index is 815. The second-order valence-corrected chi connectivity index (χ2v) is 5.32. The van der Waals surface area contributed by atoms with Gasteiger partial charge in [-0.05, 0) is 30.3 Å². The summed E-state index contributed by atoms with van der Waals surface area (Å²) in [5, 5.41) is 0.532. The monoisotopic (exact) mass is 326 g/mol. The summed E-state index contributed by atoms with van der Waals surface area (Å²) in [5.74, 6) is -0.928. The zero-order valence-corrected chi connectivity index (χ0v) is 12.3. The number of halogens is 4. The van der Waals surface area contributed by atoms with Crippen LogP contribution in [0.4, 0.5) is 8.78 Å². The summed E-state index contributed by atoms with van der Waals surface area (Å²) in [7, 11) is 0. The van der Waals surface area contributed by atoms with Crippen molar-refractivity contribution in [1.82, 2.24) is 9.55 Å². The third-order valence-corrected chi connectivity index (χ3v) is 3.60. The van der Waals surface area contributed by atoms with Crippen LogP contribution in [0.2, 0.25) is 5.02 Å². The van der Waals surface area contributed by atoms with Gasteiger partial charge in [0.15, 0.2) is 11.6 Å². The molecule has 6 heteroatoms. The quantitative estimate of drug-likeness (QED) is 0.636. The molecule has 3 rings (SSSR count). The molecule has 0 bridgehead atoms. The molecule has 0 spiro atoms. The third kappa shape index (κ3) is 2.49. The van der Waals surface area contributed by atoms with E-state index in [4.69, 9.17) is 23.2 Å². The van der Waals surface area contributed by atoms with Gasteiger partial charge in [0.1, 0.15) is 5.82 Å². The Morgan fingerprint density at radius 2 is 1.95 bits per heavy atom. The molecule has 0 fully saturated rings. The predicted molar refractivity (Wildman–Crippen MR) is 80.4 cm³/mol. The molecule has 3 aromatic rings. The van der Waals surface area contributed by atoms with Crippen LogP contribution in [-0.4, -0.2) is 15.4 Å². The summed E-state index contributed by atoms with van der Waals surface area (Å²) in [4.78, 5) is 4.42. The largest absolute Gasteiger partial charge is 0.293 e. The van der Waals surface area contributed by atoms with E-state index in [-0.39, 0.29) is 5.69 Å². The number of alkyl halides is 1. The van der Waals surface area contributed by atoms with Crippen molar-refractivity contribution >= 4 is 34.2 Å². The van der Waals surface area contributed by atoms with Crippen LogP contribution in [0.15, 0.2) is 36.4 Å². The summed E-state index contributed by atoms with van der Waals surface area (Å²) in [6.45, 7) is 0. The van der Waals surface area contributed by atoms with Crippen LogP contribution in [0.25, 0.3) is 16.7 Å². The van der Waals surface area contributed by atoms with Crippen LogP contribution in [0.1, 0.15) is 5.82 Å². The zero-order valence-electron chi connectivity index (χ0n) is 10.8. The number of nitrogens with zero attached hydrogens (tertiary/aromatic N) is 2. The first-order valence-corrected chi connectivity index (χ1v) is 7.20. The van der Waals surface area contributed by atoms with Gasteiger partial charge in [-0.25, -0.2) is 13.8 Å². The first-order valence-electron chi connectivity index (χ1n) is 6.29. The standard InChI is InChI=1S/C15H10Cl2F2N2/c16-7-6-14-20-11-8-9(17)4-5-12(11)21(14)13-3-1-2-10(18)15(13)19/h1-5,8H,6-7H2. The molecule has 108 valence electrons. The Morgan fingerprint density at radius 3 is 2.71 bits per heavy atom. The third-order valence-electron chi connectivity index (χ3n) is 3.18. The van der Waals surface area contributed by atoms with Gasteiger partial charge in [-0.2, -0.15) is 0 Å². The van der Waals surface area contributed by atoms with Gasteiger partial charge < -0.3 is 0 Å². The van der Waals surface area contributed by atoms with Crippen molar-refractivity contribution in [3.05, 3.63) is 58.9 Å². The van der Waals surface area contributed by atoms with Crippen molar-refractivity contribution in [2.24, 2.45) is 0 Å². The van der Waals surface area contributed by atoms with Gasteiger partial charge >= 0.3 is 0 Å². The molecule has 2 nitrogen and oxygen atoms in total. The molecule has 0 N–H and O–H groups in total. The zero-order chi connectivity index (χ0) is 15.0. The number of aryl methyl sites for hydroxylation is 1. The van der Waals surface area contributed by atoms with E-state index in [1.807, 2.05) is 0 Å². The fourth-order valence-corrected chi connectivity index (χ4v) is 2.62. The van der Waals surface area contributed by atoms with E-state index in [2.05, 4.69) is 4.98 Å². The van der Waals surface area contributed by atoms with E-state index in [0.717, 1.165) is 6.07 Å². The molecule has 1 heterocycles. The predicted octanol–water partition coefficient (Wildman–Crippen LogP) is 4.74. The molecular formula is C15H10Cl2F2N2. The van der Waals surface area contributed by atoms with Crippen molar-refractivity contribution in [3.63, 3.8) is 0 Å². The summed E-state index contributed by atoms with van der Waals surface area (Å²) in [6, 6.07) is 9.14. The average Bonchev–Trinajstić information content (AvgIpc) is 2.79. The summed E-state index contributed by atoms with van der Waals surface area (Å²) in [6.07, 6.45) is 0.434. The minimum atomic E-state index is -0.914. The summed E-state index contributed by atoms with van der Waals surface area (Å²) < 4.78 is 29.2. The van der Waals surface area contributed by atoms with Crippen molar-refractivity contribution in [3.8, 4) is 5.69 Å². The highest BCUT2D eigenvalue weighted by molar-refractivity contribution is 6.31. The molecule has 0 saturated carbocycles. The topological polar surface area (TPSA) is 17.8 Å². The number of fused-ring (bicyclic) bond motifs is 1. The number of imidazole rings is 1. The molecule has 0 unspecified atom stereocenters. The van der Waals surface area contributed by atoms with Crippen molar-refractivity contribution < 1.29 is 8.78 Å². The highest BCUT2D eigenvalue weighted by Gasteiger charge is 2.17. The highest BCUT2D eigenvalue weighted by Crippen LogP contribution is 2.27. The van der Waals surface area contributed by atoms with Gasteiger partial charge in [0, 0.05) is 17.3 Å². The number of aromatic nitrogens is 2. The molecule has 0 amide bonds. The molecule has 0 aliphatic rings. The average molecular weight is 327 g/mol. The second kappa shape index (κ2) is 5.62. The molecule has 0 aliphatic carbocycles. The molecule has 2 aromatic carbocycles. The van der Waals surface area contributed by atoms with Crippen molar-refractivity contribution in [2.75, 3.05) is 5.88 Å². The number of benzene rings is 2. The van der Waals surface area contributed by atoms with Crippen LogP contribution in [-0.2, 0) is 6.42 Å². The van der Waals surface area contributed by atoms with Gasteiger partial charge in [-0.1, -0.05) is 17.7 Å². The maximum atomic E-state index is 14.1. The fourth-order valence-electron chi connectivity index (χ4n) is 2.29. The van der Waals surface area contributed by atoms with E-state index in [0.29, 0.717) is 34.2 Å². The van der Waals surface area contributed by atoms with E-state index >= 15 is 0 Å². The maximum Gasteiger partial charge on any atom is 0.182 e. The molecular weight excluding hydrogens is 317 g/mol. The Balaban J connectivity index is 2.33. The summed E-state index contributed by atoms with van der Waals surface area (Å²) >= 11 is 11.7. The van der Waals surface area contributed by atoms with E-state index in [1.54, 1.807) is 22.8 Å². The Kier molecular flexibility index (Phi) is 3.83. The molecule has 21 heavy (non-hydrogen) atoms. The SMILES string of the molecule is Fc1cccc(-n2c(CCCl)nc3cc(Cl)ccc32)c1F. The normalized spacial score (nSPS) is 11.2. The first kappa shape index (κ1) is 14.3. The smallest absolute Gasteiger partial charge is 0.182 e. The maximum absolute atomic E-state index is 14.1. The summed E-state index contributed by atoms with van der Waals surface area (Å²) in [5.41, 5.74) is 1.38. The Morgan fingerprint density at radius 1 is 1.14 bits per heavy atom. The van der Waals surface area contributed by atoms with Crippen LogP contribution >= 0.6 is 23.2 Å². The highest BCUT2D eigenvalue weighted by atomic mass is 35.5. The van der Waals surface area contributed by atoms with Gasteiger partial charge in [0.05, 0.1) is 16.7 Å². The van der Waals surface area contributed by atoms with Crippen molar-refractivity contribution in [1.29, 1.82) is 0 Å². The minimum absolute atomic E-state index is 0.111. The number of hydrogen-bond acceptors (Lipinski definition) is 1. The lowest BCUT2D eigenvalue weighted by atomic mass is 10.2. The first-order chi connectivity index (χ1) is 10.1. The van der Waals surface area contributed by atoms with Crippen LogP contribution < -0.4 is 0 Å². The lowest BCUT2D eigenvalue weighted by Gasteiger charge is -2.10. The molecule has 1 aromatic heterocycles. The minimum Gasteiger partial charge on any atom is -0.293 e. The van der Waals surface area contributed by atoms with Crippen molar-refractivity contribution in [2.45, 2.75) is 6.42 Å². The number of hydrogen-bond donors (Lipinski definition) is 0. The van der Waals surface area contributed by atoms with Gasteiger partial charge in [0.25, 0.3) is 0 Å². The van der Waals surface area contributed by atoms with Crippen LogP contribution in [0.3, 0.4) is 0 Å². The lowest BCUT2D eigenvalue weighted by molar-refractivity contribution is 0.504. The Hall–Kier alpha value is -1.65. The van der Waals surface area contributed by atoms with E-state index in [9.17, 15) is 8.78 Å². The van der Waals surface area contributed by atoms with E-state index in [1.165, 1.54) is 12.1 Å². The van der Waals surface area contributed by atoms with Gasteiger partial charge in [-0.3, -0.25) is 4.57 Å². The fraction of sp³-hybridized carbons (Fsp3) is 0.133. The number of rotatable bonds is 3. The van der Waals surface area contributed by atoms with E-state index < -0.39 is 11.6 Å². The Labute approximate surface area is 129 Å². The molecule has 0 aliphatic heterocycles. The van der Waals surface area contributed by atoms with Gasteiger partial charge in [0.2, 0.25) is 0 Å². The van der Waals surface area contributed by atoms with Crippen LogP contribution in [0, 0.1) is 11.6 Å². The lowest BCUT2D eigenvalue weighted by Crippen LogP contribution is -2.05. The molecule has 0 atom stereocenters. The molecule has 0 radical (unpaired) electrons. The van der Waals surface area contributed by atoms with Gasteiger partial charge in [-0.15, -0.1) is 11.6 Å². The second-order valence-electron chi connectivity index (χ2n) is 4.51.